The van der Waals surface area contributed by atoms with Crippen LogP contribution in [0, 0.1) is 5.82 Å². The normalized spacial score (nSPS) is 11.3. The molecular weight excluding hydrogens is 449 g/mol. The van der Waals surface area contributed by atoms with E-state index in [0.717, 1.165) is 6.07 Å². The van der Waals surface area contributed by atoms with Gasteiger partial charge in [-0.05, 0) is 55.0 Å². The molecule has 0 saturated heterocycles. The van der Waals surface area contributed by atoms with E-state index in [1.165, 1.54) is 60.8 Å². The van der Waals surface area contributed by atoms with E-state index in [4.69, 9.17) is 4.74 Å². The number of aromatic hydroxyl groups is 1. The summed E-state index contributed by atoms with van der Waals surface area (Å²) in [4.78, 5) is 12.4. The van der Waals surface area contributed by atoms with Gasteiger partial charge in [-0.3, -0.25) is 9.10 Å². The van der Waals surface area contributed by atoms with Gasteiger partial charge in [0.05, 0.1) is 23.4 Å². The van der Waals surface area contributed by atoms with Crippen molar-refractivity contribution in [3.63, 3.8) is 0 Å². The lowest BCUT2D eigenvalue weighted by atomic mass is 10.2. The molecule has 0 bridgehead atoms. The first-order valence-corrected chi connectivity index (χ1v) is 11.4. The molecule has 3 aromatic rings. The van der Waals surface area contributed by atoms with Gasteiger partial charge in [-0.15, -0.1) is 0 Å². The molecule has 0 aliphatic heterocycles. The maximum atomic E-state index is 14.4. The molecule has 1 amide bonds. The van der Waals surface area contributed by atoms with Crippen molar-refractivity contribution in [3.8, 4) is 11.5 Å². The molecule has 3 rings (SSSR count). The molecule has 0 radical (unpaired) electrons. The number of phenolic OH excluding ortho intramolecular Hbond substituents is 1. The number of phenols is 1. The van der Waals surface area contributed by atoms with Gasteiger partial charge >= 0.3 is 0 Å². The number of amides is 1. The Labute approximate surface area is 191 Å². The minimum atomic E-state index is -4.23. The van der Waals surface area contributed by atoms with Crippen LogP contribution in [0.2, 0.25) is 0 Å². The minimum absolute atomic E-state index is 0.0373. The third-order valence-corrected chi connectivity index (χ3v) is 6.20. The highest BCUT2D eigenvalue weighted by molar-refractivity contribution is 7.92. The highest BCUT2D eigenvalue weighted by Gasteiger charge is 2.28. The van der Waals surface area contributed by atoms with Gasteiger partial charge in [-0.2, -0.15) is 5.10 Å². The highest BCUT2D eigenvalue weighted by Crippen LogP contribution is 2.27. The van der Waals surface area contributed by atoms with E-state index in [0.29, 0.717) is 16.5 Å². The van der Waals surface area contributed by atoms with Crippen LogP contribution in [0.15, 0.2) is 82.8 Å². The fraction of sp³-hybridized carbons (Fsp3) is 0.130. The van der Waals surface area contributed by atoms with Gasteiger partial charge in [0.15, 0.2) is 11.5 Å². The molecular formula is C23H22FN3O5S. The number of para-hydroxylation sites is 1. The van der Waals surface area contributed by atoms with Crippen LogP contribution in [0.4, 0.5) is 10.1 Å². The molecule has 33 heavy (non-hydrogen) atoms. The van der Waals surface area contributed by atoms with Crippen LogP contribution in [0.25, 0.3) is 0 Å². The number of hydrazone groups is 1. The molecule has 0 fully saturated rings. The molecule has 2 N–H and O–H groups in total. The SMILES string of the molecule is CCOc1cc(/C=N\NC(=O)CN(c2ccccc2F)S(=O)(=O)c2ccccc2)ccc1O. The zero-order chi connectivity index (χ0) is 23.8. The summed E-state index contributed by atoms with van der Waals surface area (Å²) in [5.74, 6) is -1.35. The number of nitrogens with zero attached hydrogens (tertiary/aromatic N) is 2. The summed E-state index contributed by atoms with van der Waals surface area (Å²) < 4.78 is 46.7. The predicted molar refractivity (Wildman–Crippen MR) is 122 cm³/mol. The van der Waals surface area contributed by atoms with Crippen LogP contribution in [-0.4, -0.2) is 38.8 Å². The summed E-state index contributed by atoms with van der Waals surface area (Å²) in [7, 11) is -4.23. The number of carbonyl (C=O) groups excluding carboxylic acids is 1. The minimum Gasteiger partial charge on any atom is -0.504 e. The Morgan fingerprint density at radius 1 is 1.12 bits per heavy atom. The second kappa shape index (κ2) is 10.6. The molecule has 0 atom stereocenters. The van der Waals surface area contributed by atoms with Crippen LogP contribution in [0.1, 0.15) is 12.5 Å². The standard InChI is InChI=1S/C23H22FN3O5S/c1-2-32-22-14-17(12-13-21(22)28)15-25-26-23(29)16-27(20-11-7-6-10-19(20)24)33(30,31)18-8-4-3-5-9-18/h3-15,28H,2,16H2,1H3,(H,26,29)/b25-15-. The lowest BCUT2D eigenvalue weighted by Crippen LogP contribution is -2.40. The Balaban J connectivity index is 1.81. The van der Waals surface area contributed by atoms with Crippen molar-refractivity contribution in [2.45, 2.75) is 11.8 Å². The molecule has 3 aromatic carbocycles. The summed E-state index contributed by atoms with van der Waals surface area (Å²) in [5.41, 5.74) is 2.50. The maximum Gasteiger partial charge on any atom is 0.264 e. The molecule has 0 aromatic heterocycles. The zero-order valence-electron chi connectivity index (χ0n) is 17.7. The van der Waals surface area contributed by atoms with Crippen molar-refractivity contribution < 1.29 is 27.4 Å². The summed E-state index contributed by atoms with van der Waals surface area (Å²) >= 11 is 0. The Kier molecular flexibility index (Phi) is 7.62. The molecule has 0 saturated carbocycles. The van der Waals surface area contributed by atoms with E-state index in [-0.39, 0.29) is 22.1 Å². The summed E-state index contributed by atoms with van der Waals surface area (Å²) in [6.45, 7) is 1.42. The first kappa shape index (κ1) is 23.7. The van der Waals surface area contributed by atoms with Crippen molar-refractivity contribution in [2.24, 2.45) is 5.10 Å². The molecule has 0 unspecified atom stereocenters. The molecule has 0 spiro atoms. The lowest BCUT2D eigenvalue weighted by molar-refractivity contribution is -0.119. The Bertz CT molecular complexity index is 1250. The smallest absolute Gasteiger partial charge is 0.264 e. The third-order valence-electron chi connectivity index (χ3n) is 4.43. The molecule has 172 valence electrons. The van der Waals surface area contributed by atoms with Crippen LogP contribution in [0.5, 0.6) is 11.5 Å². The number of nitrogens with one attached hydrogen (secondary N) is 1. The Morgan fingerprint density at radius 3 is 2.52 bits per heavy atom. The molecule has 0 aliphatic rings. The number of halogens is 1. The first-order chi connectivity index (χ1) is 15.8. The second-order valence-corrected chi connectivity index (χ2v) is 8.59. The lowest BCUT2D eigenvalue weighted by Gasteiger charge is -2.24. The fourth-order valence-electron chi connectivity index (χ4n) is 2.90. The number of sulfonamides is 1. The number of ether oxygens (including phenoxy) is 1. The van der Waals surface area contributed by atoms with Gasteiger partial charge in [0.1, 0.15) is 12.4 Å². The van der Waals surface area contributed by atoms with Gasteiger partial charge in [0.25, 0.3) is 15.9 Å². The Hall–Kier alpha value is -3.92. The third kappa shape index (κ3) is 5.86. The van der Waals surface area contributed by atoms with Crippen molar-refractivity contribution in [3.05, 3.63) is 84.2 Å². The predicted octanol–water partition coefficient (Wildman–Crippen LogP) is 3.28. The maximum absolute atomic E-state index is 14.4. The molecule has 8 nitrogen and oxygen atoms in total. The molecule has 10 heteroatoms. The average Bonchev–Trinajstić information content (AvgIpc) is 2.81. The largest absolute Gasteiger partial charge is 0.504 e. The fourth-order valence-corrected chi connectivity index (χ4v) is 4.35. The van der Waals surface area contributed by atoms with E-state index in [9.17, 15) is 22.7 Å². The first-order valence-electron chi connectivity index (χ1n) is 9.93. The van der Waals surface area contributed by atoms with Gasteiger partial charge in [-0.25, -0.2) is 18.2 Å². The van der Waals surface area contributed by atoms with Crippen molar-refractivity contribution >= 4 is 27.8 Å². The van der Waals surface area contributed by atoms with E-state index >= 15 is 0 Å². The summed E-state index contributed by atoms with van der Waals surface area (Å²) in [6, 6.07) is 17.2. The summed E-state index contributed by atoms with van der Waals surface area (Å²) in [6.07, 6.45) is 1.30. The van der Waals surface area contributed by atoms with Crippen LogP contribution in [0.3, 0.4) is 0 Å². The van der Waals surface area contributed by atoms with Crippen molar-refractivity contribution in [1.29, 1.82) is 0 Å². The van der Waals surface area contributed by atoms with Gasteiger partial charge < -0.3 is 9.84 Å². The van der Waals surface area contributed by atoms with E-state index < -0.39 is 28.3 Å². The number of hydrogen-bond acceptors (Lipinski definition) is 6. The van der Waals surface area contributed by atoms with Gasteiger partial charge in [-0.1, -0.05) is 30.3 Å². The molecule has 0 heterocycles. The van der Waals surface area contributed by atoms with Crippen molar-refractivity contribution in [1.82, 2.24) is 5.43 Å². The van der Waals surface area contributed by atoms with Gasteiger partial charge in [0, 0.05) is 0 Å². The number of rotatable bonds is 9. The van der Waals surface area contributed by atoms with E-state index in [1.54, 1.807) is 19.1 Å². The van der Waals surface area contributed by atoms with Crippen LogP contribution < -0.4 is 14.5 Å². The second-order valence-electron chi connectivity index (χ2n) is 6.73. The summed E-state index contributed by atoms with van der Waals surface area (Å²) in [5, 5.41) is 13.6. The zero-order valence-corrected chi connectivity index (χ0v) is 18.5. The van der Waals surface area contributed by atoms with Gasteiger partial charge in [0.2, 0.25) is 0 Å². The molecule has 0 aliphatic carbocycles. The van der Waals surface area contributed by atoms with Crippen molar-refractivity contribution in [2.75, 3.05) is 17.5 Å². The number of benzene rings is 3. The Morgan fingerprint density at radius 2 is 1.82 bits per heavy atom. The number of carbonyl (C=O) groups is 1. The van der Waals surface area contributed by atoms with Crippen LogP contribution >= 0.6 is 0 Å². The average molecular weight is 472 g/mol. The highest BCUT2D eigenvalue weighted by atomic mass is 32.2. The number of anilines is 1. The number of hydrogen-bond donors (Lipinski definition) is 2. The monoisotopic (exact) mass is 471 g/mol. The van der Waals surface area contributed by atoms with Crippen LogP contribution in [-0.2, 0) is 14.8 Å². The quantitative estimate of drug-likeness (QED) is 0.368. The van der Waals surface area contributed by atoms with E-state index in [2.05, 4.69) is 10.5 Å². The topological polar surface area (TPSA) is 108 Å². The van der Waals surface area contributed by atoms with E-state index in [1.807, 2.05) is 0 Å².